The molecule has 6 nitrogen and oxygen atoms in total. The van der Waals surface area contributed by atoms with Crippen LogP contribution in [-0.4, -0.2) is 52.3 Å². The molecule has 0 saturated carbocycles. The fraction of sp³-hybridized carbons (Fsp3) is 0.409. The predicted molar refractivity (Wildman–Crippen MR) is 110 cm³/mol. The summed E-state index contributed by atoms with van der Waals surface area (Å²) in [4.78, 5) is 14.5. The van der Waals surface area contributed by atoms with Crippen molar-refractivity contribution in [3.8, 4) is 17.2 Å². The highest BCUT2D eigenvalue weighted by Crippen LogP contribution is 2.27. The number of likely N-dealkylation sites (N-methyl/N-ethyl adjacent to an activating group) is 1. The summed E-state index contributed by atoms with van der Waals surface area (Å²) in [7, 11) is 7.18. The van der Waals surface area contributed by atoms with Gasteiger partial charge in [-0.05, 0) is 56.4 Å². The van der Waals surface area contributed by atoms with Crippen molar-refractivity contribution in [2.45, 2.75) is 19.4 Å². The monoisotopic (exact) mass is 386 g/mol. The number of amides is 1. The standard InChI is InChI=1S/C22H30N2O4/c1-6-28-18-10-8-17(9-11-18)19(24(2)3)15-23-22(25)14-16-7-12-20(26-4)21(13-16)27-5/h7-13,19H,6,14-15H2,1-5H3,(H,23,25). The fourth-order valence-electron chi connectivity index (χ4n) is 3.00. The fourth-order valence-corrected chi connectivity index (χ4v) is 3.00. The molecule has 28 heavy (non-hydrogen) atoms. The van der Waals surface area contributed by atoms with E-state index < -0.39 is 0 Å². The van der Waals surface area contributed by atoms with E-state index in [1.165, 1.54) is 0 Å². The van der Waals surface area contributed by atoms with Gasteiger partial charge in [0.05, 0.1) is 33.3 Å². The second kappa shape index (κ2) is 10.6. The zero-order valence-corrected chi connectivity index (χ0v) is 17.3. The molecule has 1 amide bonds. The van der Waals surface area contributed by atoms with Crippen LogP contribution in [0.1, 0.15) is 24.1 Å². The van der Waals surface area contributed by atoms with Gasteiger partial charge in [0.15, 0.2) is 11.5 Å². The van der Waals surface area contributed by atoms with Gasteiger partial charge in [0.25, 0.3) is 0 Å². The molecule has 0 spiro atoms. The van der Waals surface area contributed by atoms with Crippen LogP contribution in [0, 0.1) is 0 Å². The Morgan fingerprint density at radius 3 is 2.29 bits per heavy atom. The number of hydrogen-bond acceptors (Lipinski definition) is 5. The van der Waals surface area contributed by atoms with Gasteiger partial charge in [0.2, 0.25) is 5.91 Å². The Bertz CT molecular complexity index is 760. The van der Waals surface area contributed by atoms with Crippen LogP contribution < -0.4 is 19.5 Å². The summed E-state index contributed by atoms with van der Waals surface area (Å²) in [6.45, 7) is 3.13. The number of hydrogen-bond donors (Lipinski definition) is 1. The van der Waals surface area contributed by atoms with Crippen LogP contribution in [-0.2, 0) is 11.2 Å². The van der Waals surface area contributed by atoms with Gasteiger partial charge >= 0.3 is 0 Å². The quantitative estimate of drug-likeness (QED) is 0.680. The van der Waals surface area contributed by atoms with E-state index in [2.05, 4.69) is 10.2 Å². The van der Waals surface area contributed by atoms with Crippen molar-refractivity contribution in [3.63, 3.8) is 0 Å². The van der Waals surface area contributed by atoms with Crippen molar-refractivity contribution in [2.75, 3.05) is 41.5 Å². The van der Waals surface area contributed by atoms with Crippen LogP contribution in [0.3, 0.4) is 0 Å². The van der Waals surface area contributed by atoms with Crippen LogP contribution in [0.15, 0.2) is 42.5 Å². The number of rotatable bonds is 10. The average molecular weight is 386 g/mol. The number of nitrogens with one attached hydrogen (secondary N) is 1. The minimum atomic E-state index is -0.0370. The third-order valence-corrected chi connectivity index (χ3v) is 4.50. The second-order valence-electron chi connectivity index (χ2n) is 6.65. The maximum absolute atomic E-state index is 12.4. The van der Waals surface area contributed by atoms with Gasteiger partial charge in [0.1, 0.15) is 5.75 Å². The number of methoxy groups -OCH3 is 2. The summed E-state index contributed by atoms with van der Waals surface area (Å²) in [6.07, 6.45) is 0.282. The van der Waals surface area contributed by atoms with Crippen molar-refractivity contribution in [3.05, 3.63) is 53.6 Å². The lowest BCUT2D eigenvalue weighted by Crippen LogP contribution is -2.35. The Morgan fingerprint density at radius 1 is 1.04 bits per heavy atom. The molecular formula is C22H30N2O4. The van der Waals surface area contributed by atoms with E-state index in [-0.39, 0.29) is 18.4 Å². The molecule has 0 aliphatic carbocycles. The molecule has 0 aliphatic rings. The lowest BCUT2D eigenvalue weighted by atomic mass is 10.1. The highest BCUT2D eigenvalue weighted by Gasteiger charge is 2.16. The molecule has 6 heteroatoms. The summed E-state index contributed by atoms with van der Waals surface area (Å²) in [5, 5.41) is 3.03. The van der Waals surface area contributed by atoms with E-state index >= 15 is 0 Å². The summed E-state index contributed by atoms with van der Waals surface area (Å²) < 4.78 is 16.0. The van der Waals surface area contributed by atoms with Crippen molar-refractivity contribution < 1.29 is 19.0 Å². The number of benzene rings is 2. The van der Waals surface area contributed by atoms with Gasteiger partial charge < -0.3 is 24.4 Å². The normalized spacial score (nSPS) is 11.8. The molecule has 0 heterocycles. The third kappa shape index (κ3) is 5.89. The maximum Gasteiger partial charge on any atom is 0.224 e. The first kappa shape index (κ1) is 21.6. The number of carbonyl (C=O) groups excluding carboxylic acids is 1. The first-order chi connectivity index (χ1) is 13.5. The summed E-state index contributed by atoms with van der Waals surface area (Å²) >= 11 is 0. The van der Waals surface area contributed by atoms with Crippen LogP contribution in [0.2, 0.25) is 0 Å². The maximum atomic E-state index is 12.4. The summed E-state index contributed by atoms with van der Waals surface area (Å²) in [6, 6.07) is 13.6. The van der Waals surface area contributed by atoms with Gasteiger partial charge in [-0.25, -0.2) is 0 Å². The van der Waals surface area contributed by atoms with E-state index in [1.807, 2.05) is 63.5 Å². The van der Waals surface area contributed by atoms with Crippen LogP contribution in [0.25, 0.3) is 0 Å². The molecule has 0 aliphatic heterocycles. The SMILES string of the molecule is CCOc1ccc(C(CNC(=O)Cc2ccc(OC)c(OC)c2)N(C)C)cc1. The minimum absolute atomic E-state index is 0.0370. The van der Waals surface area contributed by atoms with Crippen molar-refractivity contribution in [2.24, 2.45) is 0 Å². The zero-order chi connectivity index (χ0) is 20.5. The van der Waals surface area contributed by atoms with E-state index in [1.54, 1.807) is 14.2 Å². The summed E-state index contributed by atoms with van der Waals surface area (Å²) in [5.41, 5.74) is 2.00. The van der Waals surface area contributed by atoms with E-state index in [0.717, 1.165) is 16.9 Å². The van der Waals surface area contributed by atoms with Crippen LogP contribution >= 0.6 is 0 Å². The minimum Gasteiger partial charge on any atom is -0.494 e. The van der Waals surface area contributed by atoms with Crippen molar-refractivity contribution >= 4 is 5.91 Å². The molecule has 1 N–H and O–H groups in total. The summed E-state index contributed by atoms with van der Waals surface area (Å²) in [5.74, 6) is 2.08. The lowest BCUT2D eigenvalue weighted by Gasteiger charge is -2.25. The van der Waals surface area contributed by atoms with Crippen molar-refractivity contribution in [1.29, 1.82) is 0 Å². The smallest absolute Gasteiger partial charge is 0.224 e. The lowest BCUT2D eigenvalue weighted by molar-refractivity contribution is -0.120. The van der Waals surface area contributed by atoms with E-state index in [4.69, 9.17) is 14.2 Å². The van der Waals surface area contributed by atoms with Crippen molar-refractivity contribution in [1.82, 2.24) is 10.2 Å². The molecule has 0 fully saturated rings. The Hall–Kier alpha value is -2.73. The molecule has 2 aromatic rings. The highest BCUT2D eigenvalue weighted by atomic mass is 16.5. The molecule has 2 aromatic carbocycles. The Kier molecular flexibility index (Phi) is 8.14. The number of carbonyl (C=O) groups is 1. The van der Waals surface area contributed by atoms with Gasteiger partial charge in [-0.1, -0.05) is 18.2 Å². The van der Waals surface area contributed by atoms with Gasteiger partial charge in [-0.15, -0.1) is 0 Å². The largest absolute Gasteiger partial charge is 0.494 e. The number of ether oxygens (including phenoxy) is 3. The Labute approximate surface area is 167 Å². The molecule has 1 unspecified atom stereocenters. The van der Waals surface area contributed by atoms with Gasteiger partial charge in [0, 0.05) is 6.54 Å². The first-order valence-electron chi connectivity index (χ1n) is 9.35. The molecule has 0 saturated heterocycles. The molecule has 0 aromatic heterocycles. The molecule has 2 rings (SSSR count). The third-order valence-electron chi connectivity index (χ3n) is 4.50. The van der Waals surface area contributed by atoms with Gasteiger partial charge in [-0.3, -0.25) is 4.79 Å². The van der Waals surface area contributed by atoms with Crippen LogP contribution in [0.4, 0.5) is 0 Å². The number of nitrogens with zero attached hydrogens (tertiary/aromatic N) is 1. The molecule has 152 valence electrons. The molecule has 0 radical (unpaired) electrons. The second-order valence-corrected chi connectivity index (χ2v) is 6.65. The Balaban J connectivity index is 1.98. The highest BCUT2D eigenvalue weighted by molar-refractivity contribution is 5.78. The van der Waals surface area contributed by atoms with E-state index in [0.29, 0.717) is 24.7 Å². The van der Waals surface area contributed by atoms with E-state index in [9.17, 15) is 4.79 Å². The predicted octanol–water partition coefficient (Wildman–Crippen LogP) is 3.06. The molecular weight excluding hydrogens is 356 g/mol. The average Bonchev–Trinajstić information content (AvgIpc) is 2.69. The molecule has 0 bridgehead atoms. The molecule has 1 atom stereocenters. The Morgan fingerprint density at radius 2 is 1.71 bits per heavy atom. The zero-order valence-electron chi connectivity index (χ0n) is 17.3. The topological polar surface area (TPSA) is 60.0 Å². The van der Waals surface area contributed by atoms with Gasteiger partial charge in [-0.2, -0.15) is 0 Å². The van der Waals surface area contributed by atoms with Crippen LogP contribution in [0.5, 0.6) is 17.2 Å². The first-order valence-corrected chi connectivity index (χ1v) is 9.35.